The number of rotatable bonds is 7. The van der Waals surface area contributed by atoms with Crippen LogP contribution in [0.5, 0.6) is 0 Å². The molecule has 11 heteroatoms. The summed E-state index contributed by atoms with van der Waals surface area (Å²) in [5.74, 6) is -0.415. The molecule has 0 bridgehead atoms. The number of amides is 1. The number of hydrogen-bond acceptors (Lipinski definition) is 5. The van der Waals surface area contributed by atoms with E-state index < -0.39 is 27.7 Å². The first-order chi connectivity index (χ1) is 15.5. The number of halogens is 3. The van der Waals surface area contributed by atoms with Gasteiger partial charge in [0.15, 0.2) is 0 Å². The van der Waals surface area contributed by atoms with Gasteiger partial charge in [-0.25, -0.2) is 8.42 Å². The molecule has 1 fully saturated rings. The van der Waals surface area contributed by atoms with E-state index in [1.165, 1.54) is 33.5 Å². The second-order valence-corrected chi connectivity index (χ2v) is 10.7. The number of thiocarbonyl (C=S) groups is 1. The third-order valence-electron chi connectivity index (χ3n) is 4.99. The Balaban J connectivity index is 1.79. The molecule has 176 valence electrons. The number of hydrogen-bond donors (Lipinski definition) is 0. The first kappa shape index (κ1) is 25.4. The second kappa shape index (κ2) is 9.96. The molecule has 2 aromatic rings. The van der Waals surface area contributed by atoms with Crippen LogP contribution in [0.4, 0.5) is 13.2 Å². The lowest BCUT2D eigenvalue weighted by Gasteiger charge is -2.18. The lowest BCUT2D eigenvalue weighted by atomic mass is 10.1. The van der Waals surface area contributed by atoms with Gasteiger partial charge in [-0.15, -0.1) is 0 Å². The van der Waals surface area contributed by atoms with Crippen LogP contribution in [-0.4, -0.2) is 40.9 Å². The maximum Gasteiger partial charge on any atom is 0.416 e. The molecule has 0 radical (unpaired) electrons. The Morgan fingerprint density at radius 2 is 1.73 bits per heavy atom. The molecular weight excluding hydrogens is 493 g/mol. The fourth-order valence-corrected chi connectivity index (χ4v) is 5.98. The quantitative estimate of drug-likeness (QED) is 0.379. The molecule has 1 aliphatic heterocycles. The molecular formula is C22H21F3N2O3S3. The summed E-state index contributed by atoms with van der Waals surface area (Å²) >= 11 is 6.31. The van der Waals surface area contributed by atoms with E-state index in [4.69, 9.17) is 12.2 Å². The maximum absolute atomic E-state index is 13.0. The number of thioether (sulfide) groups is 1. The summed E-state index contributed by atoms with van der Waals surface area (Å²) in [6.07, 6.45) is -2.89. The van der Waals surface area contributed by atoms with Crippen LogP contribution in [0.25, 0.3) is 6.08 Å². The Morgan fingerprint density at radius 3 is 2.30 bits per heavy atom. The van der Waals surface area contributed by atoms with Gasteiger partial charge in [0.25, 0.3) is 5.91 Å². The highest BCUT2D eigenvalue weighted by Crippen LogP contribution is 2.35. The standard InChI is InChI=1S/C22H21F3N2O3S3/c1-3-26(4-2)33(29,30)18-10-8-15(9-11-18)13-19-20(28)27(21(31)32-19)14-16-6-5-7-17(12-16)22(23,24)25/h5-13H,3-4,14H2,1-2H3/b19-13-. The normalized spacial score (nSPS) is 16.3. The number of alkyl halides is 3. The van der Waals surface area contributed by atoms with Crippen LogP contribution in [-0.2, 0) is 27.5 Å². The molecule has 5 nitrogen and oxygen atoms in total. The summed E-state index contributed by atoms with van der Waals surface area (Å²) in [6.45, 7) is 4.16. The summed E-state index contributed by atoms with van der Waals surface area (Å²) in [7, 11) is -3.59. The molecule has 3 rings (SSSR count). The van der Waals surface area contributed by atoms with Gasteiger partial charge in [0.1, 0.15) is 4.32 Å². The van der Waals surface area contributed by atoms with E-state index >= 15 is 0 Å². The van der Waals surface area contributed by atoms with E-state index in [9.17, 15) is 26.4 Å². The first-order valence-corrected chi connectivity index (χ1v) is 12.7. The molecule has 1 saturated heterocycles. The van der Waals surface area contributed by atoms with E-state index in [0.717, 1.165) is 23.9 Å². The van der Waals surface area contributed by atoms with E-state index in [2.05, 4.69) is 0 Å². The Labute approximate surface area is 200 Å². The van der Waals surface area contributed by atoms with Crippen molar-refractivity contribution in [3.63, 3.8) is 0 Å². The third kappa shape index (κ3) is 5.65. The average molecular weight is 515 g/mol. The summed E-state index contributed by atoms with van der Waals surface area (Å²) in [4.78, 5) is 14.5. The van der Waals surface area contributed by atoms with Crippen molar-refractivity contribution in [1.82, 2.24) is 9.21 Å². The van der Waals surface area contributed by atoms with Gasteiger partial charge >= 0.3 is 6.18 Å². The fraction of sp³-hybridized carbons (Fsp3) is 0.273. The van der Waals surface area contributed by atoms with E-state index in [1.54, 1.807) is 32.1 Å². The van der Waals surface area contributed by atoms with Gasteiger partial charge in [0.05, 0.1) is 21.9 Å². The highest BCUT2D eigenvalue weighted by molar-refractivity contribution is 8.26. The van der Waals surface area contributed by atoms with Gasteiger partial charge in [-0.3, -0.25) is 9.69 Å². The van der Waals surface area contributed by atoms with Gasteiger partial charge in [-0.1, -0.05) is 62.1 Å². The topological polar surface area (TPSA) is 57.7 Å². The second-order valence-electron chi connectivity index (χ2n) is 7.12. The summed E-state index contributed by atoms with van der Waals surface area (Å²) < 4.78 is 65.7. The van der Waals surface area contributed by atoms with Crippen LogP contribution >= 0.6 is 24.0 Å². The zero-order valence-corrected chi connectivity index (χ0v) is 20.2. The van der Waals surface area contributed by atoms with Gasteiger partial charge in [-0.05, 0) is 41.5 Å². The van der Waals surface area contributed by atoms with Crippen molar-refractivity contribution in [3.05, 3.63) is 70.1 Å². The van der Waals surface area contributed by atoms with Crippen LogP contribution in [0.1, 0.15) is 30.5 Å². The predicted octanol–water partition coefficient (Wildman–Crippen LogP) is 5.14. The molecule has 0 saturated carbocycles. The Morgan fingerprint density at radius 1 is 1.09 bits per heavy atom. The van der Waals surface area contributed by atoms with Gasteiger partial charge in [0, 0.05) is 13.1 Å². The molecule has 2 aromatic carbocycles. The van der Waals surface area contributed by atoms with Crippen molar-refractivity contribution in [3.8, 4) is 0 Å². The van der Waals surface area contributed by atoms with Gasteiger partial charge < -0.3 is 0 Å². The van der Waals surface area contributed by atoms with E-state index in [-0.39, 0.29) is 15.8 Å². The Hall–Kier alpha value is -2.21. The van der Waals surface area contributed by atoms with E-state index in [0.29, 0.717) is 29.1 Å². The van der Waals surface area contributed by atoms with Crippen LogP contribution < -0.4 is 0 Å². The number of benzene rings is 2. The molecule has 1 amide bonds. The van der Waals surface area contributed by atoms with Crippen LogP contribution in [0.15, 0.2) is 58.3 Å². The number of carbonyl (C=O) groups is 1. The Bertz CT molecular complexity index is 1190. The molecule has 0 aliphatic carbocycles. The van der Waals surface area contributed by atoms with Crippen molar-refractivity contribution in [1.29, 1.82) is 0 Å². The lowest BCUT2D eigenvalue weighted by molar-refractivity contribution is -0.137. The minimum atomic E-state index is -4.48. The minimum absolute atomic E-state index is 0.0764. The molecule has 33 heavy (non-hydrogen) atoms. The summed E-state index contributed by atoms with van der Waals surface area (Å²) in [6, 6.07) is 10.9. The predicted molar refractivity (Wildman–Crippen MR) is 127 cm³/mol. The maximum atomic E-state index is 13.0. The largest absolute Gasteiger partial charge is 0.416 e. The fourth-order valence-electron chi connectivity index (χ4n) is 3.26. The summed E-state index contributed by atoms with van der Waals surface area (Å²) in [5, 5.41) is 0. The molecule has 0 atom stereocenters. The molecule has 1 heterocycles. The number of carbonyl (C=O) groups excluding carboxylic acids is 1. The van der Waals surface area contributed by atoms with Crippen molar-refractivity contribution >= 4 is 50.3 Å². The smallest absolute Gasteiger partial charge is 0.288 e. The van der Waals surface area contributed by atoms with Crippen molar-refractivity contribution in [2.45, 2.75) is 31.5 Å². The first-order valence-electron chi connectivity index (χ1n) is 9.99. The zero-order valence-electron chi connectivity index (χ0n) is 17.8. The highest BCUT2D eigenvalue weighted by Gasteiger charge is 2.34. The molecule has 1 aliphatic rings. The minimum Gasteiger partial charge on any atom is -0.288 e. The van der Waals surface area contributed by atoms with Gasteiger partial charge in [-0.2, -0.15) is 17.5 Å². The number of sulfonamides is 1. The summed E-state index contributed by atoms with van der Waals surface area (Å²) in [5.41, 5.74) is 0.127. The Kier molecular flexibility index (Phi) is 7.67. The van der Waals surface area contributed by atoms with Crippen LogP contribution in [0, 0.1) is 0 Å². The third-order valence-corrected chi connectivity index (χ3v) is 8.43. The molecule has 0 unspecified atom stereocenters. The van der Waals surface area contributed by atoms with E-state index in [1.807, 2.05) is 0 Å². The van der Waals surface area contributed by atoms with Crippen LogP contribution in [0.2, 0.25) is 0 Å². The van der Waals surface area contributed by atoms with Gasteiger partial charge in [0.2, 0.25) is 10.0 Å². The highest BCUT2D eigenvalue weighted by atomic mass is 32.2. The molecule has 0 N–H and O–H groups in total. The lowest BCUT2D eigenvalue weighted by Crippen LogP contribution is -2.30. The van der Waals surface area contributed by atoms with Crippen molar-refractivity contribution < 1.29 is 26.4 Å². The van der Waals surface area contributed by atoms with Crippen molar-refractivity contribution in [2.24, 2.45) is 0 Å². The average Bonchev–Trinajstić information content (AvgIpc) is 3.02. The number of nitrogens with zero attached hydrogens (tertiary/aromatic N) is 2. The molecule has 0 spiro atoms. The monoisotopic (exact) mass is 514 g/mol. The van der Waals surface area contributed by atoms with Crippen LogP contribution in [0.3, 0.4) is 0 Å². The molecule has 0 aromatic heterocycles. The van der Waals surface area contributed by atoms with Crippen molar-refractivity contribution in [2.75, 3.05) is 13.1 Å². The SMILES string of the molecule is CCN(CC)S(=O)(=O)c1ccc(/C=C2\SC(=S)N(Cc3cccc(C(F)(F)F)c3)C2=O)cc1. The zero-order chi connectivity index (χ0) is 24.4.